The molecule has 0 bridgehead atoms. The summed E-state index contributed by atoms with van der Waals surface area (Å²) in [4.78, 5) is 72.5. The van der Waals surface area contributed by atoms with Gasteiger partial charge in [-0.15, -0.1) is 0 Å². The van der Waals surface area contributed by atoms with E-state index in [0.717, 1.165) is 109 Å². The van der Waals surface area contributed by atoms with E-state index in [2.05, 4.69) is 58.9 Å². The number of allylic oxidation sites excluding steroid dienone is 4. The number of hydrogen-bond donors (Lipinski definition) is 3. The Labute approximate surface area is 548 Å². The van der Waals surface area contributed by atoms with Crippen molar-refractivity contribution in [2.75, 3.05) is 39.6 Å². The standard InChI is InChI=1S/C71H134O17P2/c1-6-9-12-15-18-21-23-25-26-27-31-37-42-47-52-57-71(76)88-67(61-82-69(74)55-50-45-40-35-32-28-29-34-38-43-48-53-64(4)5)63-86-90(79,80)84-59-65(72)58-83-89(77,78)85-62-66(60-81-68(73)54-49-44-39-33-20-17-14-11-8-3)87-70(75)56-51-46-41-36-30-24-22-19-16-13-10-7-2/h21,23,25-26,64-67,72H,6-20,22,24,27-63H2,1-5H3,(H,77,78)(H,79,80)/b23-21-,26-25-/t65-,66+,67+/m0/s1. The third kappa shape index (κ3) is 64.3. The van der Waals surface area contributed by atoms with Gasteiger partial charge in [-0.1, -0.05) is 290 Å². The van der Waals surface area contributed by atoms with Gasteiger partial charge in [0.2, 0.25) is 0 Å². The highest BCUT2D eigenvalue weighted by Crippen LogP contribution is 2.45. The van der Waals surface area contributed by atoms with E-state index in [1.807, 2.05) is 0 Å². The van der Waals surface area contributed by atoms with Crippen LogP contribution < -0.4 is 0 Å². The summed E-state index contributed by atoms with van der Waals surface area (Å²) in [5.41, 5.74) is 0. The lowest BCUT2D eigenvalue weighted by atomic mass is 10.0. The van der Waals surface area contributed by atoms with Gasteiger partial charge in [0.15, 0.2) is 12.2 Å². The molecule has 0 aromatic carbocycles. The summed E-state index contributed by atoms with van der Waals surface area (Å²) < 4.78 is 68.2. The van der Waals surface area contributed by atoms with Gasteiger partial charge >= 0.3 is 39.5 Å². The SMILES string of the molecule is CCCCCC/C=C\C=C/CCCCCCCC(=O)O[C@H](COC(=O)CCCCCCCCCCCCCC(C)C)COP(=O)(O)OC[C@@H](O)COP(=O)(O)OC[C@@H](COC(=O)CCCCCCCCCCC)OC(=O)CCCCCCCCCCCCCC. The fourth-order valence-corrected chi connectivity index (χ4v) is 11.9. The fourth-order valence-electron chi connectivity index (χ4n) is 10.3. The van der Waals surface area contributed by atoms with Crippen molar-refractivity contribution in [3.05, 3.63) is 24.3 Å². The normalized spacial score (nSPS) is 14.2. The molecular formula is C71H134O17P2. The Morgan fingerprint density at radius 2 is 0.600 bits per heavy atom. The van der Waals surface area contributed by atoms with E-state index in [1.54, 1.807) is 0 Å². The van der Waals surface area contributed by atoms with Crippen molar-refractivity contribution in [3.63, 3.8) is 0 Å². The first kappa shape index (κ1) is 87.5. The third-order valence-electron chi connectivity index (χ3n) is 15.9. The molecule has 0 aliphatic carbocycles. The summed E-state index contributed by atoms with van der Waals surface area (Å²) in [5, 5.41) is 10.6. The predicted octanol–water partition coefficient (Wildman–Crippen LogP) is 20.1. The Bertz CT molecular complexity index is 1830. The van der Waals surface area contributed by atoms with Gasteiger partial charge in [0.1, 0.15) is 19.3 Å². The molecule has 17 nitrogen and oxygen atoms in total. The van der Waals surface area contributed by atoms with E-state index in [9.17, 15) is 43.2 Å². The van der Waals surface area contributed by atoms with Gasteiger partial charge in [0, 0.05) is 25.7 Å². The highest BCUT2D eigenvalue weighted by atomic mass is 31.2. The second kappa shape index (κ2) is 63.9. The van der Waals surface area contributed by atoms with Crippen molar-refractivity contribution in [2.45, 2.75) is 361 Å². The lowest BCUT2D eigenvalue weighted by molar-refractivity contribution is -0.161. The van der Waals surface area contributed by atoms with Crippen molar-refractivity contribution in [1.82, 2.24) is 0 Å². The van der Waals surface area contributed by atoms with Gasteiger partial charge in [0.05, 0.1) is 26.4 Å². The molecule has 5 atom stereocenters. The van der Waals surface area contributed by atoms with Crippen LogP contribution in [0.15, 0.2) is 24.3 Å². The Kier molecular flexibility index (Phi) is 62.2. The van der Waals surface area contributed by atoms with Crippen LogP contribution in [0.2, 0.25) is 0 Å². The maximum Gasteiger partial charge on any atom is 0.472 e. The fraction of sp³-hybridized carbons (Fsp3) is 0.887. The van der Waals surface area contributed by atoms with Crippen LogP contribution in [-0.4, -0.2) is 96.7 Å². The monoisotopic (exact) mass is 1320 g/mol. The number of carbonyl (C=O) groups is 4. The lowest BCUT2D eigenvalue weighted by Crippen LogP contribution is -2.30. The minimum atomic E-state index is -4.96. The number of unbranched alkanes of at least 4 members (excludes halogenated alkanes) is 38. The molecule has 3 N–H and O–H groups in total. The molecule has 0 aromatic rings. The van der Waals surface area contributed by atoms with Crippen LogP contribution in [0.25, 0.3) is 0 Å². The number of aliphatic hydroxyl groups is 1. The van der Waals surface area contributed by atoms with E-state index in [0.29, 0.717) is 25.7 Å². The van der Waals surface area contributed by atoms with E-state index in [1.165, 1.54) is 154 Å². The summed E-state index contributed by atoms with van der Waals surface area (Å²) in [6.07, 6.45) is 53.4. The Morgan fingerprint density at radius 1 is 0.344 bits per heavy atom. The number of ether oxygens (including phenoxy) is 4. The quantitative estimate of drug-likeness (QED) is 0.0169. The molecule has 2 unspecified atom stereocenters. The molecule has 0 rings (SSSR count). The molecule has 530 valence electrons. The minimum Gasteiger partial charge on any atom is -0.462 e. The second-order valence-corrected chi connectivity index (χ2v) is 28.3. The van der Waals surface area contributed by atoms with E-state index in [4.69, 9.17) is 37.0 Å². The second-order valence-electron chi connectivity index (χ2n) is 25.4. The average molecular weight is 1320 g/mol. The molecule has 0 spiro atoms. The highest BCUT2D eigenvalue weighted by molar-refractivity contribution is 7.47. The molecular weight excluding hydrogens is 1190 g/mol. The van der Waals surface area contributed by atoms with Gasteiger partial charge in [-0.2, -0.15) is 0 Å². The Morgan fingerprint density at radius 3 is 0.911 bits per heavy atom. The number of phosphoric acid groups is 2. The summed E-state index contributed by atoms with van der Waals surface area (Å²) in [6.45, 7) is 7.17. The van der Waals surface area contributed by atoms with Crippen LogP contribution in [0.5, 0.6) is 0 Å². The van der Waals surface area contributed by atoms with Crippen LogP contribution in [0.1, 0.15) is 343 Å². The van der Waals surface area contributed by atoms with Gasteiger partial charge in [-0.25, -0.2) is 9.13 Å². The minimum absolute atomic E-state index is 0.0851. The molecule has 0 amide bonds. The average Bonchev–Trinajstić information content (AvgIpc) is 3.73. The number of aliphatic hydroxyl groups excluding tert-OH is 1. The topological polar surface area (TPSA) is 237 Å². The van der Waals surface area contributed by atoms with Crippen LogP contribution in [0.4, 0.5) is 0 Å². The van der Waals surface area contributed by atoms with E-state index < -0.39 is 97.5 Å². The number of rotatable bonds is 69. The molecule has 0 saturated carbocycles. The van der Waals surface area contributed by atoms with Crippen LogP contribution in [-0.2, 0) is 65.4 Å². The third-order valence-corrected chi connectivity index (χ3v) is 17.8. The Hall–Kier alpha value is -2.46. The predicted molar refractivity (Wildman–Crippen MR) is 363 cm³/mol. The van der Waals surface area contributed by atoms with Crippen LogP contribution in [0.3, 0.4) is 0 Å². The van der Waals surface area contributed by atoms with Crippen molar-refractivity contribution in [1.29, 1.82) is 0 Å². The molecule has 0 heterocycles. The van der Waals surface area contributed by atoms with Crippen molar-refractivity contribution < 1.29 is 80.2 Å². The number of hydrogen-bond acceptors (Lipinski definition) is 15. The van der Waals surface area contributed by atoms with Gasteiger partial charge in [0.25, 0.3) is 0 Å². The van der Waals surface area contributed by atoms with Gasteiger partial charge in [-0.3, -0.25) is 37.3 Å². The molecule has 0 radical (unpaired) electrons. The first-order valence-corrected chi connectivity index (χ1v) is 39.4. The zero-order valence-corrected chi connectivity index (χ0v) is 59.5. The maximum atomic E-state index is 13.0. The zero-order valence-electron chi connectivity index (χ0n) is 57.8. The van der Waals surface area contributed by atoms with E-state index in [-0.39, 0.29) is 25.7 Å². The molecule has 19 heteroatoms. The summed E-state index contributed by atoms with van der Waals surface area (Å²) in [5.74, 6) is -1.38. The number of esters is 4. The summed E-state index contributed by atoms with van der Waals surface area (Å²) in [7, 11) is -9.91. The first-order valence-electron chi connectivity index (χ1n) is 36.5. The van der Waals surface area contributed by atoms with Crippen LogP contribution >= 0.6 is 15.6 Å². The largest absolute Gasteiger partial charge is 0.472 e. The van der Waals surface area contributed by atoms with Crippen molar-refractivity contribution >= 4 is 39.5 Å². The highest BCUT2D eigenvalue weighted by Gasteiger charge is 2.30. The summed E-state index contributed by atoms with van der Waals surface area (Å²) >= 11 is 0. The first-order chi connectivity index (χ1) is 43.5. The van der Waals surface area contributed by atoms with E-state index >= 15 is 0 Å². The van der Waals surface area contributed by atoms with Crippen molar-refractivity contribution in [3.8, 4) is 0 Å². The Balaban J connectivity index is 5.28. The molecule has 0 aliphatic heterocycles. The summed E-state index contributed by atoms with van der Waals surface area (Å²) in [6, 6.07) is 0. The van der Waals surface area contributed by atoms with Crippen molar-refractivity contribution in [2.24, 2.45) is 5.92 Å². The molecule has 0 fully saturated rings. The maximum absolute atomic E-state index is 13.0. The molecule has 0 aromatic heterocycles. The molecule has 0 aliphatic rings. The number of carbonyl (C=O) groups excluding carboxylic acids is 4. The van der Waals surface area contributed by atoms with Gasteiger partial charge < -0.3 is 33.8 Å². The molecule has 90 heavy (non-hydrogen) atoms. The zero-order chi connectivity index (χ0) is 66.3. The van der Waals surface area contributed by atoms with Crippen LogP contribution in [0, 0.1) is 5.92 Å². The number of phosphoric ester groups is 2. The van der Waals surface area contributed by atoms with Gasteiger partial charge in [-0.05, 0) is 57.3 Å². The lowest BCUT2D eigenvalue weighted by Gasteiger charge is -2.21. The smallest absolute Gasteiger partial charge is 0.462 e. The molecule has 0 saturated heterocycles.